The number of amides is 2. The molecule has 0 aliphatic carbocycles. The van der Waals surface area contributed by atoms with Crippen LogP contribution in [-0.4, -0.2) is 54.7 Å². The summed E-state index contributed by atoms with van der Waals surface area (Å²) in [4.78, 5) is 44.4. The maximum absolute atomic E-state index is 15.0. The van der Waals surface area contributed by atoms with Gasteiger partial charge in [0.05, 0.1) is 14.7 Å². The lowest BCUT2D eigenvalue weighted by Gasteiger charge is -2.36. The fourth-order valence-corrected chi connectivity index (χ4v) is 6.07. The molecule has 3 rings (SSSR count). The highest BCUT2D eigenvalue weighted by Gasteiger charge is 2.39. The number of nitrogens with one attached hydrogen (secondary N) is 1. The highest BCUT2D eigenvalue weighted by Crippen LogP contribution is 2.32. The van der Waals surface area contributed by atoms with E-state index in [2.05, 4.69) is 10.3 Å². The van der Waals surface area contributed by atoms with E-state index in [1.807, 2.05) is 20.0 Å². The molecule has 2 aromatic rings. The molecule has 1 N–H and O–H groups in total. The number of anilines is 1. The van der Waals surface area contributed by atoms with Crippen LogP contribution in [0.4, 0.5) is 19.3 Å². The van der Waals surface area contributed by atoms with E-state index >= 15 is 8.78 Å². The van der Waals surface area contributed by atoms with Gasteiger partial charge in [-0.2, -0.15) is 0 Å². The molecule has 0 saturated heterocycles. The number of benzene rings is 1. The zero-order valence-corrected chi connectivity index (χ0v) is 23.9. The number of esters is 1. The Kier molecular flexibility index (Phi) is 8.60. The lowest BCUT2D eigenvalue weighted by Crippen LogP contribution is -2.47. The average molecular weight is 548 g/mol. The first-order chi connectivity index (χ1) is 17.7. The smallest absolute Gasteiger partial charge is 0.411 e. The normalized spacial score (nSPS) is 15.5. The fourth-order valence-electron chi connectivity index (χ4n) is 4.28. The Morgan fingerprint density at radius 2 is 1.76 bits per heavy atom. The number of ether oxygens (including phenoxy) is 2. The number of halogens is 2. The summed E-state index contributed by atoms with van der Waals surface area (Å²) in [7, 11) is -2.33. The third kappa shape index (κ3) is 6.37. The highest BCUT2D eigenvalue weighted by atomic mass is 28.3. The molecule has 1 aromatic heterocycles. The van der Waals surface area contributed by atoms with Crippen molar-refractivity contribution in [2.24, 2.45) is 0 Å². The van der Waals surface area contributed by atoms with E-state index in [9.17, 15) is 14.4 Å². The van der Waals surface area contributed by atoms with Crippen molar-refractivity contribution in [3.63, 3.8) is 0 Å². The first-order valence-corrected chi connectivity index (χ1v) is 15.9. The molecule has 2 heterocycles. The third-order valence-electron chi connectivity index (χ3n) is 6.44. The molecule has 0 fully saturated rings. The molecular formula is C27H35F2N3O5Si. The van der Waals surface area contributed by atoms with Gasteiger partial charge in [0.15, 0.2) is 0 Å². The molecular weight excluding hydrogens is 512 g/mol. The minimum absolute atomic E-state index is 0.0676. The molecule has 38 heavy (non-hydrogen) atoms. The number of hydrogen-bond acceptors (Lipinski definition) is 6. The van der Waals surface area contributed by atoms with Gasteiger partial charge in [0.1, 0.15) is 29.0 Å². The summed E-state index contributed by atoms with van der Waals surface area (Å²) in [5, 5.41) is 2.64. The molecule has 1 atom stereocenters. The minimum atomic E-state index is -2.33. The first-order valence-electron chi connectivity index (χ1n) is 12.7. The Morgan fingerprint density at radius 3 is 2.32 bits per heavy atom. The Morgan fingerprint density at radius 1 is 1.13 bits per heavy atom. The molecule has 1 unspecified atom stereocenters. The van der Waals surface area contributed by atoms with E-state index in [4.69, 9.17) is 9.47 Å². The van der Waals surface area contributed by atoms with Crippen LogP contribution in [0.2, 0.25) is 19.1 Å². The van der Waals surface area contributed by atoms with Crippen molar-refractivity contribution >= 4 is 36.9 Å². The van der Waals surface area contributed by atoms with Crippen LogP contribution >= 0.6 is 0 Å². The Labute approximate surface area is 222 Å². The lowest BCUT2D eigenvalue weighted by molar-refractivity contribution is -0.122. The zero-order valence-electron chi connectivity index (χ0n) is 22.9. The van der Waals surface area contributed by atoms with Gasteiger partial charge in [0.25, 0.3) is 5.91 Å². The quantitative estimate of drug-likeness (QED) is 0.406. The standard InChI is InChI=1S/C27H35F2N3O5Si/c1-8-36-25(34)21-11-10-17-20(31-21)12-13-32(26(35)37-27(3,4)5)22(17)24(33)30-16-14-18(28)23(19(29)15-16)38(6,7)9-2/h10-11,14-15,22H,8-9,12-13H2,1-7H3,(H,30,33). The molecule has 0 spiro atoms. The van der Waals surface area contributed by atoms with Crippen LogP contribution in [0, 0.1) is 11.6 Å². The van der Waals surface area contributed by atoms with Crippen molar-refractivity contribution in [1.29, 1.82) is 0 Å². The van der Waals surface area contributed by atoms with E-state index in [0.717, 1.165) is 12.1 Å². The largest absolute Gasteiger partial charge is 0.461 e. The monoisotopic (exact) mass is 547 g/mol. The van der Waals surface area contributed by atoms with Gasteiger partial charge in [0, 0.05) is 35.1 Å². The second-order valence-electron chi connectivity index (χ2n) is 10.8. The molecule has 8 nitrogen and oxygen atoms in total. The van der Waals surface area contributed by atoms with Crippen LogP contribution in [0.15, 0.2) is 24.3 Å². The molecule has 0 bridgehead atoms. The number of pyridine rings is 1. The molecule has 1 aliphatic heterocycles. The Bertz CT molecular complexity index is 1220. The summed E-state index contributed by atoms with van der Waals surface area (Å²) in [5.41, 5.74) is 0.0197. The van der Waals surface area contributed by atoms with Gasteiger partial charge >= 0.3 is 12.1 Å². The fraction of sp³-hybridized carbons (Fsp3) is 0.481. The zero-order chi connectivity index (χ0) is 28.4. The topological polar surface area (TPSA) is 97.8 Å². The van der Waals surface area contributed by atoms with Crippen molar-refractivity contribution in [3.8, 4) is 0 Å². The average Bonchev–Trinajstić information content (AvgIpc) is 2.81. The van der Waals surface area contributed by atoms with Crippen LogP contribution in [0.5, 0.6) is 0 Å². The van der Waals surface area contributed by atoms with E-state index < -0.39 is 49.3 Å². The van der Waals surface area contributed by atoms with Crippen molar-refractivity contribution in [3.05, 3.63) is 52.9 Å². The maximum atomic E-state index is 15.0. The number of rotatable bonds is 6. The van der Waals surface area contributed by atoms with Crippen molar-refractivity contribution < 1.29 is 32.6 Å². The SMILES string of the molecule is CCOC(=O)c1ccc2c(n1)CCN(C(=O)OC(C)(C)C)C2C(=O)Nc1cc(F)c([Si](C)(C)CC)c(F)c1. The number of carbonyl (C=O) groups excluding carboxylic acids is 3. The second kappa shape index (κ2) is 11.2. The predicted molar refractivity (Wildman–Crippen MR) is 142 cm³/mol. The number of hydrogen-bond donors (Lipinski definition) is 1. The van der Waals surface area contributed by atoms with E-state index in [-0.39, 0.29) is 36.1 Å². The Balaban J connectivity index is 2.01. The van der Waals surface area contributed by atoms with Crippen molar-refractivity contribution in [2.75, 3.05) is 18.5 Å². The predicted octanol–water partition coefficient (Wildman–Crippen LogP) is 4.94. The number of carbonyl (C=O) groups is 3. The summed E-state index contributed by atoms with van der Waals surface area (Å²) >= 11 is 0. The van der Waals surface area contributed by atoms with Crippen LogP contribution in [0.25, 0.3) is 0 Å². The van der Waals surface area contributed by atoms with Gasteiger partial charge in [0.2, 0.25) is 0 Å². The van der Waals surface area contributed by atoms with E-state index in [1.54, 1.807) is 27.7 Å². The molecule has 0 radical (unpaired) electrons. The third-order valence-corrected chi connectivity index (χ3v) is 10.0. The van der Waals surface area contributed by atoms with E-state index in [0.29, 0.717) is 17.3 Å². The maximum Gasteiger partial charge on any atom is 0.411 e. The molecule has 2 amide bonds. The molecule has 1 aliphatic rings. The molecule has 1 aromatic carbocycles. The summed E-state index contributed by atoms with van der Waals surface area (Å²) in [6, 6.07) is 4.60. The van der Waals surface area contributed by atoms with Crippen LogP contribution in [0.1, 0.15) is 62.4 Å². The summed E-state index contributed by atoms with van der Waals surface area (Å²) in [6.07, 6.45) is -0.457. The first kappa shape index (κ1) is 29.2. The van der Waals surface area contributed by atoms with Crippen molar-refractivity contribution in [2.45, 2.75) is 71.8 Å². The van der Waals surface area contributed by atoms with Gasteiger partial charge < -0.3 is 14.8 Å². The van der Waals surface area contributed by atoms with Gasteiger partial charge in [-0.3, -0.25) is 9.69 Å². The van der Waals surface area contributed by atoms with Crippen LogP contribution < -0.4 is 10.5 Å². The minimum Gasteiger partial charge on any atom is -0.461 e. The number of aromatic nitrogens is 1. The highest BCUT2D eigenvalue weighted by molar-refractivity contribution is 6.89. The van der Waals surface area contributed by atoms with Gasteiger partial charge in [-0.25, -0.2) is 23.4 Å². The summed E-state index contributed by atoms with van der Waals surface area (Å²) < 4.78 is 40.5. The van der Waals surface area contributed by atoms with Crippen molar-refractivity contribution in [1.82, 2.24) is 9.88 Å². The molecule has 206 valence electrons. The Hall–Kier alpha value is -3.34. The van der Waals surface area contributed by atoms with Gasteiger partial charge in [-0.05, 0) is 45.9 Å². The van der Waals surface area contributed by atoms with E-state index in [1.165, 1.54) is 17.0 Å². The van der Waals surface area contributed by atoms with Crippen LogP contribution in [-0.2, 0) is 20.7 Å². The summed E-state index contributed by atoms with van der Waals surface area (Å²) in [5.74, 6) is -2.73. The lowest BCUT2D eigenvalue weighted by atomic mass is 9.95. The summed E-state index contributed by atoms with van der Waals surface area (Å²) in [6.45, 7) is 12.7. The van der Waals surface area contributed by atoms with Gasteiger partial charge in [-0.15, -0.1) is 0 Å². The number of fused-ring (bicyclic) bond motifs is 1. The van der Waals surface area contributed by atoms with Crippen LogP contribution in [0.3, 0.4) is 0 Å². The molecule has 11 heteroatoms. The molecule has 0 saturated carbocycles. The van der Waals surface area contributed by atoms with Gasteiger partial charge in [-0.1, -0.05) is 32.1 Å². The second-order valence-corrected chi connectivity index (χ2v) is 15.8. The number of nitrogens with zero attached hydrogens (tertiary/aromatic N) is 2.